The highest BCUT2D eigenvalue weighted by Gasteiger charge is 2.43. The van der Waals surface area contributed by atoms with Gasteiger partial charge in [0.05, 0.1) is 11.2 Å². The maximum atomic E-state index is 12.9. The Morgan fingerprint density at radius 3 is 2.70 bits per heavy atom. The second kappa shape index (κ2) is 5.20. The van der Waals surface area contributed by atoms with E-state index in [-0.39, 0.29) is 11.4 Å². The van der Waals surface area contributed by atoms with Crippen molar-refractivity contribution in [1.29, 1.82) is 0 Å². The van der Waals surface area contributed by atoms with E-state index in [9.17, 15) is 4.79 Å². The van der Waals surface area contributed by atoms with Crippen LogP contribution >= 0.6 is 0 Å². The number of hydrogen-bond donors (Lipinski definition) is 1. The van der Waals surface area contributed by atoms with E-state index in [0.29, 0.717) is 17.3 Å². The van der Waals surface area contributed by atoms with E-state index in [4.69, 9.17) is 4.42 Å². The van der Waals surface area contributed by atoms with Crippen molar-refractivity contribution >= 4 is 5.91 Å². The molecular weight excluding hydrogens is 254 g/mol. The van der Waals surface area contributed by atoms with Crippen molar-refractivity contribution in [3.63, 3.8) is 0 Å². The van der Waals surface area contributed by atoms with Crippen molar-refractivity contribution < 1.29 is 9.21 Å². The number of hydrogen-bond acceptors (Lipinski definition) is 4. The maximum Gasteiger partial charge on any atom is 0.292 e. The van der Waals surface area contributed by atoms with Crippen LogP contribution in [0, 0.1) is 13.8 Å². The highest BCUT2D eigenvalue weighted by molar-refractivity contribution is 5.93. The van der Waals surface area contributed by atoms with Crippen LogP contribution in [0.25, 0.3) is 0 Å². The van der Waals surface area contributed by atoms with E-state index in [2.05, 4.69) is 15.2 Å². The minimum absolute atomic E-state index is 0.0132. The number of carbonyl (C=O) groups is 1. The van der Waals surface area contributed by atoms with Gasteiger partial charge in [-0.2, -0.15) is 0 Å². The van der Waals surface area contributed by atoms with Gasteiger partial charge >= 0.3 is 0 Å². The summed E-state index contributed by atoms with van der Waals surface area (Å²) >= 11 is 0. The number of piperazine rings is 1. The number of nitrogens with one attached hydrogen (secondary N) is 1. The Labute approximate surface area is 119 Å². The molecule has 110 valence electrons. The lowest BCUT2D eigenvalue weighted by molar-refractivity contribution is 0.0194. The zero-order valence-electron chi connectivity index (χ0n) is 12.4. The molecule has 1 saturated heterocycles. The van der Waals surface area contributed by atoms with Crippen LogP contribution in [-0.2, 0) is 0 Å². The Hall–Kier alpha value is -1.36. The standard InChI is InChI=1S/C15H23N3O2/c1-11-13(20-12(2)17-11)14(19)18-9-8-16-10-15(18)6-4-3-5-7-15/h16H,3-10H2,1-2H3. The molecule has 1 aliphatic heterocycles. The SMILES string of the molecule is Cc1nc(C)c(C(=O)N2CCNCC23CCCCC3)o1. The lowest BCUT2D eigenvalue weighted by Crippen LogP contribution is -2.63. The largest absolute Gasteiger partial charge is 0.436 e. The minimum Gasteiger partial charge on any atom is -0.436 e. The molecule has 1 amide bonds. The van der Waals surface area contributed by atoms with Gasteiger partial charge in [-0.3, -0.25) is 4.79 Å². The first kappa shape index (κ1) is 13.6. The summed E-state index contributed by atoms with van der Waals surface area (Å²) in [5, 5.41) is 3.46. The number of carbonyl (C=O) groups excluding carboxylic acids is 1. The third-order valence-corrected chi connectivity index (χ3v) is 4.67. The fourth-order valence-corrected chi connectivity index (χ4v) is 3.67. The smallest absolute Gasteiger partial charge is 0.292 e. The Kier molecular flexibility index (Phi) is 3.54. The fourth-order valence-electron chi connectivity index (χ4n) is 3.67. The molecule has 2 heterocycles. The Morgan fingerprint density at radius 2 is 2.05 bits per heavy atom. The summed E-state index contributed by atoms with van der Waals surface area (Å²) in [6, 6.07) is 0. The van der Waals surface area contributed by atoms with Crippen molar-refractivity contribution in [2.75, 3.05) is 19.6 Å². The molecular formula is C15H23N3O2. The zero-order valence-corrected chi connectivity index (χ0v) is 12.4. The normalized spacial score (nSPS) is 22.2. The third kappa shape index (κ3) is 2.24. The van der Waals surface area contributed by atoms with Gasteiger partial charge < -0.3 is 14.6 Å². The molecule has 0 unspecified atom stereocenters. The Bertz CT molecular complexity index is 495. The van der Waals surface area contributed by atoms with E-state index in [0.717, 1.165) is 32.5 Å². The van der Waals surface area contributed by atoms with Crippen LogP contribution in [0.2, 0.25) is 0 Å². The van der Waals surface area contributed by atoms with Gasteiger partial charge in [0.15, 0.2) is 5.89 Å². The monoisotopic (exact) mass is 277 g/mol. The van der Waals surface area contributed by atoms with Gasteiger partial charge in [0, 0.05) is 26.6 Å². The van der Waals surface area contributed by atoms with Gasteiger partial charge in [-0.1, -0.05) is 19.3 Å². The van der Waals surface area contributed by atoms with Crippen molar-refractivity contribution in [2.45, 2.75) is 51.5 Å². The lowest BCUT2D eigenvalue weighted by atomic mass is 9.79. The number of oxazole rings is 1. The highest BCUT2D eigenvalue weighted by atomic mass is 16.4. The molecule has 20 heavy (non-hydrogen) atoms. The molecule has 3 rings (SSSR count). The summed E-state index contributed by atoms with van der Waals surface area (Å²) in [6.07, 6.45) is 5.89. The summed E-state index contributed by atoms with van der Waals surface area (Å²) in [7, 11) is 0. The molecule has 1 aromatic rings. The number of rotatable bonds is 1. The van der Waals surface area contributed by atoms with Crippen molar-refractivity contribution in [2.24, 2.45) is 0 Å². The Balaban J connectivity index is 1.89. The molecule has 1 N–H and O–H groups in total. The second-order valence-corrected chi connectivity index (χ2v) is 6.07. The predicted molar refractivity (Wildman–Crippen MR) is 75.7 cm³/mol. The van der Waals surface area contributed by atoms with Gasteiger partial charge in [0.1, 0.15) is 0 Å². The first-order valence-corrected chi connectivity index (χ1v) is 7.59. The molecule has 2 fully saturated rings. The quantitative estimate of drug-likeness (QED) is 0.853. The molecule has 0 bridgehead atoms. The van der Waals surface area contributed by atoms with E-state index >= 15 is 0 Å². The van der Waals surface area contributed by atoms with Crippen molar-refractivity contribution in [3.8, 4) is 0 Å². The molecule has 1 aliphatic carbocycles. The van der Waals surface area contributed by atoms with E-state index in [1.165, 1.54) is 19.3 Å². The fraction of sp³-hybridized carbons (Fsp3) is 0.733. The average Bonchev–Trinajstić information content (AvgIpc) is 2.78. The average molecular weight is 277 g/mol. The van der Waals surface area contributed by atoms with Gasteiger partial charge in [0.25, 0.3) is 5.91 Å². The molecule has 1 aromatic heterocycles. The van der Waals surface area contributed by atoms with Crippen LogP contribution in [0.5, 0.6) is 0 Å². The molecule has 0 aromatic carbocycles. The van der Waals surface area contributed by atoms with Gasteiger partial charge in [-0.05, 0) is 19.8 Å². The Morgan fingerprint density at radius 1 is 1.30 bits per heavy atom. The van der Waals surface area contributed by atoms with Crippen molar-refractivity contribution in [3.05, 3.63) is 17.3 Å². The summed E-state index contributed by atoms with van der Waals surface area (Å²) in [5.74, 6) is 1.01. The van der Waals surface area contributed by atoms with E-state index in [1.807, 2.05) is 6.92 Å². The van der Waals surface area contributed by atoms with Crippen LogP contribution in [0.15, 0.2) is 4.42 Å². The predicted octanol–water partition coefficient (Wildman–Crippen LogP) is 2.04. The zero-order chi connectivity index (χ0) is 14.2. The first-order valence-electron chi connectivity index (χ1n) is 7.59. The van der Waals surface area contributed by atoms with Gasteiger partial charge in [-0.15, -0.1) is 0 Å². The summed E-state index contributed by atoms with van der Waals surface area (Å²) in [6.45, 7) is 6.17. The van der Waals surface area contributed by atoms with Crippen LogP contribution in [0.4, 0.5) is 0 Å². The van der Waals surface area contributed by atoms with Gasteiger partial charge in [-0.25, -0.2) is 4.98 Å². The molecule has 0 atom stereocenters. The molecule has 1 saturated carbocycles. The van der Waals surface area contributed by atoms with Crippen LogP contribution < -0.4 is 5.32 Å². The molecule has 2 aliphatic rings. The molecule has 0 radical (unpaired) electrons. The van der Waals surface area contributed by atoms with Gasteiger partial charge in [0.2, 0.25) is 5.76 Å². The van der Waals surface area contributed by atoms with E-state index in [1.54, 1.807) is 6.92 Å². The minimum atomic E-state index is -0.0132. The number of aromatic nitrogens is 1. The maximum absolute atomic E-state index is 12.9. The lowest BCUT2D eigenvalue weighted by Gasteiger charge is -2.49. The van der Waals surface area contributed by atoms with Crippen LogP contribution in [0.1, 0.15) is 54.2 Å². The molecule has 1 spiro atoms. The third-order valence-electron chi connectivity index (χ3n) is 4.67. The number of nitrogens with zero attached hydrogens (tertiary/aromatic N) is 2. The van der Waals surface area contributed by atoms with Crippen LogP contribution in [0.3, 0.4) is 0 Å². The summed E-state index contributed by atoms with van der Waals surface area (Å²) in [4.78, 5) is 19.2. The summed E-state index contributed by atoms with van der Waals surface area (Å²) in [5.41, 5.74) is 0.692. The highest BCUT2D eigenvalue weighted by Crippen LogP contribution is 2.35. The summed E-state index contributed by atoms with van der Waals surface area (Å²) < 4.78 is 5.54. The number of aryl methyl sites for hydroxylation is 2. The molecule has 5 heteroatoms. The first-order chi connectivity index (χ1) is 9.62. The van der Waals surface area contributed by atoms with Crippen LogP contribution in [-0.4, -0.2) is 41.0 Å². The van der Waals surface area contributed by atoms with Crippen molar-refractivity contribution in [1.82, 2.24) is 15.2 Å². The number of amides is 1. The molecule has 5 nitrogen and oxygen atoms in total. The second-order valence-electron chi connectivity index (χ2n) is 6.07. The topological polar surface area (TPSA) is 58.4 Å². The van der Waals surface area contributed by atoms with E-state index < -0.39 is 0 Å².